The first-order chi connectivity index (χ1) is 8.19. The summed E-state index contributed by atoms with van der Waals surface area (Å²) in [5.41, 5.74) is 2.18. The zero-order valence-corrected chi connectivity index (χ0v) is 9.21. The molecule has 0 spiro atoms. The molecule has 4 heteroatoms. The highest BCUT2D eigenvalue weighted by Gasteiger charge is 2.02. The molecule has 88 valence electrons. The number of hydrogen-bond donors (Lipinski definition) is 2. The number of aromatic carboxylic acids is 1. The van der Waals surface area contributed by atoms with E-state index in [9.17, 15) is 4.79 Å². The maximum atomic E-state index is 10.7. The molecule has 1 heterocycles. The Hall–Kier alpha value is -2.07. The molecule has 0 aliphatic heterocycles. The van der Waals surface area contributed by atoms with Gasteiger partial charge in [0.1, 0.15) is 0 Å². The van der Waals surface area contributed by atoms with Crippen LogP contribution in [0, 0.1) is 0 Å². The zero-order valence-electron chi connectivity index (χ0n) is 9.21. The molecule has 4 nitrogen and oxygen atoms in total. The van der Waals surface area contributed by atoms with Gasteiger partial charge in [0.2, 0.25) is 0 Å². The minimum absolute atomic E-state index is 0.0327. The van der Waals surface area contributed by atoms with Crippen LogP contribution >= 0.6 is 0 Å². The van der Waals surface area contributed by atoms with E-state index < -0.39 is 5.97 Å². The van der Waals surface area contributed by atoms with Crippen LogP contribution in [0.25, 0.3) is 0 Å². The average Bonchev–Trinajstić information content (AvgIpc) is 2.77. The average molecular weight is 231 g/mol. The molecule has 2 N–H and O–H groups in total. The van der Waals surface area contributed by atoms with Crippen molar-refractivity contribution in [2.45, 2.75) is 13.2 Å². The number of aromatic nitrogens is 1. The van der Waals surface area contributed by atoms with Crippen molar-refractivity contribution in [3.05, 3.63) is 59.4 Å². The summed E-state index contributed by atoms with van der Waals surface area (Å²) in [7, 11) is 0. The van der Waals surface area contributed by atoms with Crippen LogP contribution in [0.2, 0.25) is 0 Å². The summed E-state index contributed by atoms with van der Waals surface area (Å²) in [6, 6.07) is 8.62. The first-order valence-corrected chi connectivity index (χ1v) is 5.27. The number of carboxylic acid groups (broad SMARTS) is 1. The predicted molar refractivity (Wildman–Crippen MR) is 62.9 cm³/mol. The fourth-order valence-corrected chi connectivity index (χ4v) is 1.65. The lowest BCUT2D eigenvalue weighted by atomic mass is 10.1. The Balaban J connectivity index is 2.10. The standard InChI is InChI=1S/C13H13NO3/c15-9-11-5-6-14(8-11)7-10-1-3-12(4-2-10)13(16)17/h1-6,8,15H,7,9H2,(H,16,17). The predicted octanol–water partition coefficient (Wildman–Crippen LogP) is 1.73. The molecule has 0 fully saturated rings. The summed E-state index contributed by atoms with van der Waals surface area (Å²) in [4.78, 5) is 10.7. The first kappa shape index (κ1) is 11.4. The number of carboxylic acids is 1. The summed E-state index contributed by atoms with van der Waals surface area (Å²) in [6.45, 7) is 0.699. The molecule has 2 rings (SSSR count). The fourth-order valence-electron chi connectivity index (χ4n) is 1.65. The quantitative estimate of drug-likeness (QED) is 0.842. The van der Waals surface area contributed by atoms with Gasteiger partial charge in [-0.05, 0) is 29.3 Å². The van der Waals surface area contributed by atoms with E-state index in [1.807, 2.05) is 23.0 Å². The molecule has 0 atom stereocenters. The highest BCUT2D eigenvalue weighted by Crippen LogP contribution is 2.08. The number of aliphatic hydroxyl groups excluding tert-OH is 1. The second-order valence-corrected chi connectivity index (χ2v) is 3.85. The van der Waals surface area contributed by atoms with Crippen molar-refractivity contribution in [3.63, 3.8) is 0 Å². The summed E-state index contributed by atoms with van der Waals surface area (Å²) in [5, 5.41) is 17.7. The summed E-state index contributed by atoms with van der Waals surface area (Å²) < 4.78 is 1.95. The molecule has 0 aliphatic carbocycles. The lowest BCUT2D eigenvalue weighted by Crippen LogP contribution is -1.99. The van der Waals surface area contributed by atoms with Crippen LogP contribution in [0.5, 0.6) is 0 Å². The number of aliphatic hydroxyl groups is 1. The van der Waals surface area contributed by atoms with Gasteiger partial charge in [0.15, 0.2) is 0 Å². The van der Waals surface area contributed by atoms with Crippen LogP contribution in [0.3, 0.4) is 0 Å². The van der Waals surface area contributed by atoms with Crippen LogP contribution in [-0.2, 0) is 13.2 Å². The van der Waals surface area contributed by atoms with Crippen molar-refractivity contribution in [2.24, 2.45) is 0 Å². The molecule has 2 aromatic rings. The number of nitrogens with zero attached hydrogens (tertiary/aromatic N) is 1. The molecule has 0 saturated heterocycles. The summed E-state index contributed by atoms with van der Waals surface area (Å²) >= 11 is 0. The van der Waals surface area contributed by atoms with E-state index >= 15 is 0 Å². The van der Waals surface area contributed by atoms with Crippen molar-refractivity contribution in [2.75, 3.05) is 0 Å². The van der Waals surface area contributed by atoms with Crippen LogP contribution in [0.4, 0.5) is 0 Å². The first-order valence-electron chi connectivity index (χ1n) is 5.27. The van der Waals surface area contributed by atoms with Gasteiger partial charge in [0.25, 0.3) is 0 Å². The van der Waals surface area contributed by atoms with Crippen LogP contribution in [0.1, 0.15) is 21.5 Å². The molecule has 1 aromatic carbocycles. The largest absolute Gasteiger partial charge is 0.478 e. The Morgan fingerprint density at radius 3 is 2.35 bits per heavy atom. The normalized spacial score (nSPS) is 10.4. The maximum Gasteiger partial charge on any atom is 0.335 e. The van der Waals surface area contributed by atoms with Crippen molar-refractivity contribution in [1.82, 2.24) is 4.57 Å². The summed E-state index contributed by atoms with van der Waals surface area (Å²) in [6.07, 6.45) is 3.75. The molecule has 0 bridgehead atoms. The van der Waals surface area contributed by atoms with Crippen molar-refractivity contribution >= 4 is 5.97 Å². The third-order valence-corrected chi connectivity index (χ3v) is 2.56. The van der Waals surface area contributed by atoms with Gasteiger partial charge in [-0.2, -0.15) is 0 Å². The molecule has 0 aliphatic rings. The number of hydrogen-bond acceptors (Lipinski definition) is 2. The van der Waals surface area contributed by atoms with Gasteiger partial charge in [-0.3, -0.25) is 0 Å². The SMILES string of the molecule is O=C(O)c1ccc(Cn2ccc(CO)c2)cc1. The van der Waals surface area contributed by atoms with E-state index in [-0.39, 0.29) is 12.2 Å². The van der Waals surface area contributed by atoms with Gasteiger partial charge >= 0.3 is 5.97 Å². The Kier molecular flexibility index (Phi) is 3.25. The van der Waals surface area contributed by atoms with Gasteiger partial charge in [0, 0.05) is 18.9 Å². The zero-order chi connectivity index (χ0) is 12.3. The molecular weight excluding hydrogens is 218 g/mol. The Morgan fingerprint density at radius 1 is 1.12 bits per heavy atom. The van der Waals surface area contributed by atoms with E-state index in [2.05, 4.69) is 0 Å². The Morgan fingerprint density at radius 2 is 1.82 bits per heavy atom. The lowest BCUT2D eigenvalue weighted by molar-refractivity contribution is 0.0697. The van der Waals surface area contributed by atoms with E-state index in [0.29, 0.717) is 6.54 Å². The Bertz CT molecular complexity index is 514. The number of carbonyl (C=O) groups is 1. The smallest absolute Gasteiger partial charge is 0.335 e. The van der Waals surface area contributed by atoms with Gasteiger partial charge in [-0.15, -0.1) is 0 Å². The summed E-state index contributed by atoms with van der Waals surface area (Å²) in [5.74, 6) is -0.917. The molecule has 0 amide bonds. The third kappa shape index (κ3) is 2.73. The van der Waals surface area contributed by atoms with Gasteiger partial charge in [-0.1, -0.05) is 12.1 Å². The van der Waals surface area contributed by atoms with Crippen molar-refractivity contribution in [1.29, 1.82) is 0 Å². The molecule has 0 saturated carbocycles. The number of benzene rings is 1. The van der Waals surface area contributed by atoms with Crippen LogP contribution in [0.15, 0.2) is 42.7 Å². The van der Waals surface area contributed by atoms with E-state index in [4.69, 9.17) is 10.2 Å². The molecular formula is C13H13NO3. The fraction of sp³-hybridized carbons (Fsp3) is 0.154. The van der Waals surface area contributed by atoms with Gasteiger partial charge < -0.3 is 14.8 Å². The van der Waals surface area contributed by atoms with E-state index in [1.54, 1.807) is 24.3 Å². The third-order valence-electron chi connectivity index (χ3n) is 2.56. The topological polar surface area (TPSA) is 62.5 Å². The Labute approximate surface area is 98.8 Å². The monoisotopic (exact) mass is 231 g/mol. The lowest BCUT2D eigenvalue weighted by Gasteiger charge is -2.03. The van der Waals surface area contributed by atoms with Gasteiger partial charge in [-0.25, -0.2) is 4.79 Å². The number of rotatable bonds is 4. The second kappa shape index (κ2) is 4.84. The van der Waals surface area contributed by atoms with Crippen LogP contribution in [-0.4, -0.2) is 20.7 Å². The molecule has 1 aromatic heterocycles. The van der Waals surface area contributed by atoms with Gasteiger partial charge in [0.05, 0.1) is 12.2 Å². The highest BCUT2D eigenvalue weighted by atomic mass is 16.4. The van der Waals surface area contributed by atoms with Crippen LogP contribution < -0.4 is 0 Å². The maximum absolute atomic E-state index is 10.7. The minimum atomic E-state index is -0.917. The molecule has 0 radical (unpaired) electrons. The van der Waals surface area contributed by atoms with Crippen molar-refractivity contribution < 1.29 is 15.0 Å². The van der Waals surface area contributed by atoms with E-state index in [1.165, 1.54) is 0 Å². The van der Waals surface area contributed by atoms with Crippen molar-refractivity contribution in [3.8, 4) is 0 Å². The highest BCUT2D eigenvalue weighted by molar-refractivity contribution is 5.87. The van der Waals surface area contributed by atoms with E-state index in [0.717, 1.165) is 11.1 Å². The molecule has 17 heavy (non-hydrogen) atoms. The molecule has 0 unspecified atom stereocenters. The second-order valence-electron chi connectivity index (χ2n) is 3.85. The minimum Gasteiger partial charge on any atom is -0.478 e.